The minimum Gasteiger partial charge on any atom is -0.396 e. The van der Waals surface area contributed by atoms with E-state index in [-0.39, 0.29) is 6.61 Å². The van der Waals surface area contributed by atoms with Crippen LogP contribution in [0.4, 0.5) is 0 Å². The van der Waals surface area contributed by atoms with Crippen molar-refractivity contribution in [3.05, 3.63) is 0 Å². The molecule has 0 spiro atoms. The number of rotatable bonds is 8. The van der Waals surface area contributed by atoms with E-state index in [0.29, 0.717) is 6.04 Å². The molecule has 96 valence electrons. The molecule has 0 amide bonds. The smallest absolute Gasteiger partial charge is 0.0446 e. The van der Waals surface area contributed by atoms with Crippen LogP contribution in [0.5, 0.6) is 0 Å². The van der Waals surface area contributed by atoms with Gasteiger partial charge >= 0.3 is 0 Å². The quantitative estimate of drug-likeness (QED) is 0.614. The third-order valence-corrected chi connectivity index (χ3v) is 3.41. The number of likely N-dealkylation sites (N-methyl/N-ethyl adjacent to an activating group) is 2. The lowest BCUT2D eigenvalue weighted by Gasteiger charge is -2.25. The highest BCUT2D eigenvalue weighted by molar-refractivity contribution is 4.71. The number of hydrogen-bond donors (Lipinski definition) is 2. The minimum atomic E-state index is 0.269. The van der Waals surface area contributed by atoms with Gasteiger partial charge in [-0.1, -0.05) is 0 Å². The summed E-state index contributed by atoms with van der Waals surface area (Å²) in [5.41, 5.74) is 0. The standard InChI is InChI=1S/C12H27N3O/c1-13-12(5-10-16)11-14(2)8-9-15-6-3-4-7-15/h12-13,16H,3-11H2,1-2H3. The topological polar surface area (TPSA) is 38.7 Å². The van der Waals surface area contributed by atoms with Crippen LogP contribution in [0.25, 0.3) is 0 Å². The second kappa shape index (κ2) is 8.01. The Morgan fingerprint density at radius 3 is 2.62 bits per heavy atom. The van der Waals surface area contributed by atoms with Gasteiger partial charge < -0.3 is 20.2 Å². The molecule has 1 fully saturated rings. The van der Waals surface area contributed by atoms with Crippen molar-refractivity contribution in [3.63, 3.8) is 0 Å². The van der Waals surface area contributed by atoms with E-state index in [4.69, 9.17) is 5.11 Å². The maximum absolute atomic E-state index is 8.92. The summed E-state index contributed by atoms with van der Waals surface area (Å²) < 4.78 is 0. The molecule has 0 aromatic rings. The molecule has 1 unspecified atom stereocenters. The first-order chi connectivity index (χ1) is 7.76. The van der Waals surface area contributed by atoms with E-state index in [1.165, 1.54) is 32.5 Å². The van der Waals surface area contributed by atoms with Gasteiger partial charge in [0.15, 0.2) is 0 Å². The number of nitrogens with zero attached hydrogens (tertiary/aromatic N) is 2. The van der Waals surface area contributed by atoms with Crippen molar-refractivity contribution in [1.29, 1.82) is 0 Å². The molecule has 2 N–H and O–H groups in total. The molecule has 0 aliphatic carbocycles. The van der Waals surface area contributed by atoms with E-state index in [2.05, 4.69) is 22.2 Å². The molecule has 1 aliphatic heterocycles. The van der Waals surface area contributed by atoms with Crippen LogP contribution < -0.4 is 5.32 Å². The van der Waals surface area contributed by atoms with Crippen molar-refractivity contribution in [2.24, 2.45) is 0 Å². The molecule has 0 bridgehead atoms. The molecule has 16 heavy (non-hydrogen) atoms. The number of likely N-dealkylation sites (tertiary alicyclic amines) is 1. The minimum absolute atomic E-state index is 0.269. The van der Waals surface area contributed by atoms with Crippen LogP contribution in [0.2, 0.25) is 0 Å². The molecule has 0 radical (unpaired) electrons. The molecule has 0 aromatic heterocycles. The molecule has 1 aliphatic rings. The average Bonchev–Trinajstić information content (AvgIpc) is 2.78. The summed E-state index contributed by atoms with van der Waals surface area (Å²) in [7, 11) is 4.13. The van der Waals surface area contributed by atoms with Crippen LogP contribution in [0.15, 0.2) is 0 Å². The van der Waals surface area contributed by atoms with Gasteiger partial charge in [0.2, 0.25) is 0 Å². The summed E-state index contributed by atoms with van der Waals surface area (Å²) in [5.74, 6) is 0. The van der Waals surface area contributed by atoms with E-state index in [0.717, 1.165) is 19.5 Å². The van der Waals surface area contributed by atoms with Crippen molar-refractivity contribution in [3.8, 4) is 0 Å². The summed E-state index contributed by atoms with van der Waals surface area (Å²) in [5, 5.41) is 12.2. The number of aliphatic hydroxyl groups excluding tert-OH is 1. The van der Waals surface area contributed by atoms with Crippen LogP contribution in [0.1, 0.15) is 19.3 Å². The number of nitrogens with one attached hydrogen (secondary N) is 1. The Bertz CT molecular complexity index is 172. The Kier molecular flexibility index (Phi) is 6.96. The Hall–Kier alpha value is -0.160. The van der Waals surface area contributed by atoms with Crippen molar-refractivity contribution in [1.82, 2.24) is 15.1 Å². The second-order valence-corrected chi connectivity index (χ2v) is 4.81. The first-order valence-electron chi connectivity index (χ1n) is 6.45. The second-order valence-electron chi connectivity index (χ2n) is 4.81. The van der Waals surface area contributed by atoms with Crippen LogP contribution in [0.3, 0.4) is 0 Å². The molecule has 1 saturated heterocycles. The summed E-state index contributed by atoms with van der Waals surface area (Å²) in [6.45, 7) is 6.16. The average molecular weight is 229 g/mol. The molecule has 1 rings (SSSR count). The van der Waals surface area contributed by atoms with Gasteiger partial charge in [0.25, 0.3) is 0 Å². The van der Waals surface area contributed by atoms with Gasteiger partial charge in [0.1, 0.15) is 0 Å². The number of aliphatic hydroxyl groups is 1. The Morgan fingerprint density at radius 1 is 1.38 bits per heavy atom. The maximum atomic E-state index is 8.92. The first-order valence-corrected chi connectivity index (χ1v) is 6.45. The fraction of sp³-hybridized carbons (Fsp3) is 1.00. The largest absolute Gasteiger partial charge is 0.396 e. The molecular formula is C12H27N3O. The highest BCUT2D eigenvalue weighted by Gasteiger charge is 2.13. The third kappa shape index (κ3) is 5.25. The summed E-state index contributed by atoms with van der Waals surface area (Å²) >= 11 is 0. The van der Waals surface area contributed by atoms with Gasteiger partial charge in [0.05, 0.1) is 0 Å². The molecule has 0 aromatic carbocycles. The zero-order chi connectivity index (χ0) is 11.8. The highest BCUT2D eigenvalue weighted by Crippen LogP contribution is 2.06. The van der Waals surface area contributed by atoms with Crippen LogP contribution in [-0.2, 0) is 0 Å². The van der Waals surface area contributed by atoms with E-state index in [9.17, 15) is 0 Å². The van der Waals surface area contributed by atoms with Crippen LogP contribution in [0, 0.1) is 0 Å². The van der Waals surface area contributed by atoms with Crippen molar-refractivity contribution >= 4 is 0 Å². The van der Waals surface area contributed by atoms with E-state index >= 15 is 0 Å². The monoisotopic (exact) mass is 229 g/mol. The van der Waals surface area contributed by atoms with Gasteiger partial charge in [-0.25, -0.2) is 0 Å². The van der Waals surface area contributed by atoms with Crippen molar-refractivity contribution in [2.45, 2.75) is 25.3 Å². The first kappa shape index (κ1) is 13.9. The Morgan fingerprint density at radius 2 is 2.06 bits per heavy atom. The normalized spacial score (nSPS) is 19.5. The predicted molar refractivity (Wildman–Crippen MR) is 67.7 cm³/mol. The Balaban J connectivity index is 2.10. The third-order valence-electron chi connectivity index (χ3n) is 3.41. The van der Waals surface area contributed by atoms with Crippen LogP contribution >= 0.6 is 0 Å². The van der Waals surface area contributed by atoms with Gasteiger partial charge in [-0.2, -0.15) is 0 Å². The fourth-order valence-electron chi connectivity index (χ4n) is 2.27. The molecule has 1 heterocycles. The van der Waals surface area contributed by atoms with Gasteiger partial charge in [-0.05, 0) is 46.4 Å². The lowest BCUT2D eigenvalue weighted by Crippen LogP contribution is -2.41. The molecule has 4 nitrogen and oxygen atoms in total. The summed E-state index contributed by atoms with van der Waals surface area (Å²) in [6.07, 6.45) is 3.57. The zero-order valence-corrected chi connectivity index (χ0v) is 10.8. The predicted octanol–water partition coefficient (Wildman–Crippen LogP) is -0.0156. The zero-order valence-electron chi connectivity index (χ0n) is 10.8. The molecule has 4 heteroatoms. The molecular weight excluding hydrogens is 202 g/mol. The SMILES string of the molecule is CNC(CCO)CN(C)CCN1CCCC1. The Labute approximate surface area is 99.6 Å². The van der Waals surface area contributed by atoms with Gasteiger partial charge in [-0.15, -0.1) is 0 Å². The van der Waals surface area contributed by atoms with Crippen molar-refractivity contribution < 1.29 is 5.11 Å². The number of hydrogen-bond acceptors (Lipinski definition) is 4. The maximum Gasteiger partial charge on any atom is 0.0446 e. The van der Waals surface area contributed by atoms with Crippen LogP contribution in [-0.4, -0.2) is 74.4 Å². The fourth-order valence-corrected chi connectivity index (χ4v) is 2.27. The lowest BCUT2D eigenvalue weighted by atomic mass is 10.2. The lowest BCUT2D eigenvalue weighted by molar-refractivity contribution is 0.215. The van der Waals surface area contributed by atoms with E-state index in [1.54, 1.807) is 0 Å². The van der Waals surface area contributed by atoms with Gasteiger partial charge in [-0.3, -0.25) is 0 Å². The van der Waals surface area contributed by atoms with E-state index in [1.807, 2.05) is 7.05 Å². The summed E-state index contributed by atoms with van der Waals surface area (Å²) in [4.78, 5) is 4.89. The molecule has 1 atom stereocenters. The summed E-state index contributed by atoms with van der Waals surface area (Å²) in [6, 6.07) is 0.411. The van der Waals surface area contributed by atoms with Crippen molar-refractivity contribution in [2.75, 3.05) is 53.4 Å². The highest BCUT2D eigenvalue weighted by atomic mass is 16.3. The van der Waals surface area contributed by atoms with E-state index < -0.39 is 0 Å². The molecule has 0 saturated carbocycles. The van der Waals surface area contributed by atoms with Gasteiger partial charge in [0, 0.05) is 32.3 Å².